The quantitative estimate of drug-likeness (QED) is 0.563. The number of rotatable bonds is 4. The molecule has 3 rings (SSSR count). The molecule has 8 nitrogen and oxygen atoms in total. The van der Waals surface area contributed by atoms with Crippen molar-refractivity contribution < 1.29 is 9.72 Å². The van der Waals surface area contributed by atoms with Crippen molar-refractivity contribution in [1.82, 2.24) is 20.5 Å². The number of carbonyl (C=O) groups excluding carboxylic acids is 1. The molecule has 0 aliphatic rings. The van der Waals surface area contributed by atoms with Gasteiger partial charge in [-0.1, -0.05) is 6.07 Å². The van der Waals surface area contributed by atoms with Crippen LogP contribution in [0.15, 0.2) is 42.6 Å². The monoisotopic (exact) mass is 297 g/mol. The van der Waals surface area contributed by atoms with Crippen LogP contribution in [0.5, 0.6) is 0 Å². The first kappa shape index (κ1) is 13.7. The maximum Gasteiger partial charge on any atom is 0.272 e. The first-order chi connectivity index (χ1) is 10.6. The number of benzene rings is 1. The number of nitrogens with zero attached hydrogens (tertiary/aromatic N) is 3. The SMILES string of the molecule is O=C(NCc1ccccn1)c1n[nH]c2ccc([N+](=O)[O-])cc12. The van der Waals surface area contributed by atoms with E-state index < -0.39 is 10.8 Å². The van der Waals surface area contributed by atoms with E-state index in [0.717, 1.165) is 0 Å². The number of hydrogen-bond acceptors (Lipinski definition) is 5. The summed E-state index contributed by atoms with van der Waals surface area (Å²) in [6.45, 7) is 0.253. The van der Waals surface area contributed by atoms with Gasteiger partial charge in [-0.25, -0.2) is 0 Å². The second-order valence-electron chi connectivity index (χ2n) is 4.56. The van der Waals surface area contributed by atoms with E-state index in [1.54, 1.807) is 18.3 Å². The summed E-state index contributed by atoms with van der Waals surface area (Å²) in [6, 6.07) is 9.60. The summed E-state index contributed by atoms with van der Waals surface area (Å²) >= 11 is 0. The van der Waals surface area contributed by atoms with Crippen LogP contribution in [0.3, 0.4) is 0 Å². The van der Waals surface area contributed by atoms with Crippen molar-refractivity contribution in [3.8, 4) is 0 Å². The summed E-state index contributed by atoms with van der Waals surface area (Å²) in [6.07, 6.45) is 1.63. The number of H-pyrrole nitrogens is 1. The maximum atomic E-state index is 12.2. The molecule has 1 amide bonds. The van der Waals surface area contributed by atoms with Crippen LogP contribution in [0.4, 0.5) is 5.69 Å². The third-order valence-corrected chi connectivity index (χ3v) is 3.13. The fourth-order valence-electron chi connectivity index (χ4n) is 2.05. The molecule has 0 fully saturated rings. The predicted molar refractivity (Wildman–Crippen MR) is 78.2 cm³/mol. The molecule has 3 aromatic rings. The molecule has 0 spiro atoms. The Kier molecular flexibility index (Phi) is 3.48. The van der Waals surface area contributed by atoms with Gasteiger partial charge in [-0.05, 0) is 18.2 Å². The number of amides is 1. The standard InChI is InChI=1S/C14H11N5O3/c20-14(16-8-9-3-1-2-6-15-9)13-11-7-10(19(21)22)4-5-12(11)17-18-13/h1-7H,8H2,(H,16,20)(H,17,18). The predicted octanol–water partition coefficient (Wildman–Crippen LogP) is 1.80. The van der Waals surface area contributed by atoms with Crippen molar-refractivity contribution >= 4 is 22.5 Å². The maximum absolute atomic E-state index is 12.2. The molecule has 0 unspecified atom stereocenters. The Morgan fingerprint density at radius 1 is 1.32 bits per heavy atom. The molecule has 8 heteroatoms. The molecular formula is C14H11N5O3. The molecule has 110 valence electrons. The summed E-state index contributed by atoms with van der Waals surface area (Å²) in [5, 5.41) is 20.5. The molecule has 0 bridgehead atoms. The first-order valence-electron chi connectivity index (χ1n) is 6.46. The van der Waals surface area contributed by atoms with E-state index in [2.05, 4.69) is 20.5 Å². The number of nitro groups is 1. The molecule has 0 aliphatic carbocycles. The van der Waals surface area contributed by atoms with Gasteiger partial charge in [-0.2, -0.15) is 5.10 Å². The van der Waals surface area contributed by atoms with Crippen molar-refractivity contribution in [3.63, 3.8) is 0 Å². The van der Waals surface area contributed by atoms with Crippen molar-refractivity contribution in [2.24, 2.45) is 0 Å². The second-order valence-corrected chi connectivity index (χ2v) is 4.56. The molecular weight excluding hydrogens is 286 g/mol. The second kappa shape index (κ2) is 5.60. The van der Waals surface area contributed by atoms with E-state index >= 15 is 0 Å². The molecule has 0 aliphatic heterocycles. The minimum Gasteiger partial charge on any atom is -0.345 e. The summed E-state index contributed by atoms with van der Waals surface area (Å²) < 4.78 is 0. The Morgan fingerprint density at radius 2 is 2.18 bits per heavy atom. The number of non-ortho nitro benzene ring substituents is 1. The van der Waals surface area contributed by atoms with Crippen LogP contribution in [0.25, 0.3) is 10.9 Å². The fourth-order valence-corrected chi connectivity index (χ4v) is 2.05. The Balaban J connectivity index is 1.84. The Morgan fingerprint density at radius 3 is 2.91 bits per heavy atom. The van der Waals surface area contributed by atoms with Crippen molar-refractivity contribution in [2.75, 3.05) is 0 Å². The molecule has 2 aromatic heterocycles. The molecule has 0 saturated heterocycles. The van der Waals surface area contributed by atoms with Gasteiger partial charge in [0.15, 0.2) is 5.69 Å². The van der Waals surface area contributed by atoms with E-state index in [1.807, 2.05) is 6.07 Å². The minimum atomic E-state index is -0.512. The number of carbonyl (C=O) groups is 1. The zero-order valence-electron chi connectivity index (χ0n) is 11.3. The van der Waals surface area contributed by atoms with Gasteiger partial charge in [0.2, 0.25) is 0 Å². The summed E-state index contributed by atoms with van der Waals surface area (Å²) in [5.41, 5.74) is 1.30. The highest BCUT2D eigenvalue weighted by Gasteiger charge is 2.17. The number of fused-ring (bicyclic) bond motifs is 1. The number of aromatic amines is 1. The van der Waals surface area contributed by atoms with E-state index in [9.17, 15) is 14.9 Å². The normalized spacial score (nSPS) is 10.5. The highest BCUT2D eigenvalue weighted by atomic mass is 16.6. The van der Waals surface area contributed by atoms with Crippen LogP contribution in [-0.4, -0.2) is 26.0 Å². The van der Waals surface area contributed by atoms with Crippen LogP contribution in [-0.2, 0) is 6.54 Å². The fraction of sp³-hybridized carbons (Fsp3) is 0.0714. The van der Waals surface area contributed by atoms with Gasteiger partial charge in [0.25, 0.3) is 11.6 Å². The van der Waals surface area contributed by atoms with Gasteiger partial charge in [0, 0.05) is 23.7 Å². The Hall–Kier alpha value is -3.29. The van der Waals surface area contributed by atoms with E-state index in [1.165, 1.54) is 18.2 Å². The highest BCUT2D eigenvalue weighted by molar-refractivity contribution is 6.05. The van der Waals surface area contributed by atoms with Crippen LogP contribution in [0.2, 0.25) is 0 Å². The van der Waals surface area contributed by atoms with Gasteiger partial charge >= 0.3 is 0 Å². The first-order valence-corrected chi connectivity index (χ1v) is 6.46. The zero-order valence-corrected chi connectivity index (χ0v) is 11.3. The lowest BCUT2D eigenvalue weighted by Gasteiger charge is -2.02. The Bertz CT molecular complexity index is 844. The average Bonchev–Trinajstić information content (AvgIpc) is 2.96. The van der Waals surface area contributed by atoms with Crippen LogP contribution >= 0.6 is 0 Å². The number of pyridine rings is 1. The van der Waals surface area contributed by atoms with Crippen LogP contribution in [0, 0.1) is 10.1 Å². The van der Waals surface area contributed by atoms with Crippen molar-refractivity contribution in [1.29, 1.82) is 0 Å². The molecule has 0 atom stereocenters. The van der Waals surface area contributed by atoms with Crippen LogP contribution < -0.4 is 5.32 Å². The lowest BCUT2D eigenvalue weighted by atomic mass is 10.2. The largest absolute Gasteiger partial charge is 0.345 e. The summed E-state index contributed by atoms with van der Waals surface area (Å²) in [5.74, 6) is -0.419. The molecule has 2 heterocycles. The van der Waals surface area contributed by atoms with Crippen molar-refractivity contribution in [3.05, 3.63) is 64.1 Å². The van der Waals surface area contributed by atoms with E-state index in [4.69, 9.17) is 0 Å². The zero-order chi connectivity index (χ0) is 15.5. The molecule has 0 saturated carbocycles. The lowest BCUT2D eigenvalue weighted by molar-refractivity contribution is -0.384. The molecule has 2 N–H and O–H groups in total. The topological polar surface area (TPSA) is 114 Å². The molecule has 1 aromatic carbocycles. The van der Waals surface area contributed by atoms with Crippen LogP contribution in [0.1, 0.15) is 16.2 Å². The van der Waals surface area contributed by atoms with Gasteiger partial charge in [0.05, 0.1) is 22.7 Å². The van der Waals surface area contributed by atoms with Gasteiger partial charge in [0.1, 0.15) is 0 Å². The number of nitrogens with one attached hydrogen (secondary N) is 2. The summed E-state index contributed by atoms with van der Waals surface area (Å²) in [4.78, 5) is 26.6. The van der Waals surface area contributed by atoms with Gasteiger partial charge < -0.3 is 5.32 Å². The lowest BCUT2D eigenvalue weighted by Crippen LogP contribution is -2.23. The van der Waals surface area contributed by atoms with Crippen molar-refractivity contribution in [2.45, 2.75) is 6.54 Å². The third kappa shape index (κ3) is 2.62. The molecule has 22 heavy (non-hydrogen) atoms. The smallest absolute Gasteiger partial charge is 0.272 e. The number of hydrogen-bond donors (Lipinski definition) is 2. The Labute approximate surface area is 124 Å². The number of nitro benzene ring substituents is 1. The summed E-state index contributed by atoms with van der Waals surface area (Å²) in [7, 11) is 0. The molecule has 0 radical (unpaired) electrons. The highest BCUT2D eigenvalue weighted by Crippen LogP contribution is 2.22. The third-order valence-electron chi connectivity index (χ3n) is 3.13. The number of aromatic nitrogens is 3. The minimum absolute atomic E-state index is 0.0901. The van der Waals surface area contributed by atoms with Gasteiger partial charge in [-0.3, -0.25) is 25.0 Å². The van der Waals surface area contributed by atoms with E-state index in [-0.39, 0.29) is 17.9 Å². The van der Waals surface area contributed by atoms with E-state index in [0.29, 0.717) is 16.6 Å². The average molecular weight is 297 g/mol. The van der Waals surface area contributed by atoms with Gasteiger partial charge in [-0.15, -0.1) is 0 Å².